The molecule has 0 aliphatic rings. The molecule has 0 atom stereocenters. The van der Waals surface area contributed by atoms with Gasteiger partial charge in [-0.25, -0.2) is 4.98 Å². The molecule has 58 valence electrons. The Morgan fingerprint density at radius 1 is 1.36 bits per heavy atom. The number of aromatic nitrogens is 1. The third-order valence-corrected chi connectivity index (χ3v) is 1.57. The fourth-order valence-corrected chi connectivity index (χ4v) is 1.13. The number of halogens is 3. The summed E-state index contributed by atoms with van der Waals surface area (Å²) >= 11 is 16.2. The van der Waals surface area contributed by atoms with E-state index < -0.39 is 5.24 Å². The Bertz CT molecular complexity index is 280. The molecular weight excluding hydrogens is 208 g/mol. The summed E-state index contributed by atoms with van der Waals surface area (Å²) in [4.78, 5) is 14.2. The van der Waals surface area contributed by atoms with E-state index in [0.29, 0.717) is 5.02 Å². The maximum absolute atomic E-state index is 10.5. The van der Waals surface area contributed by atoms with Crippen LogP contribution in [-0.2, 0) is 0 Å². The summed E-state index contributed by atoms with van der Waals surface area (Å²) in [6.45, 7) is 0. The normalized spacial score (nSPS) is 9.73. The van der Waals surface area contributed by atoms with Crippen LogP contribution in [0.15, 0.2) is 12.1 Å². The number of hydrogen-bond acceptors (Lipinski definition) is 2. The molecule has 0 saturated heterocycles. The van der Waals surface area contributed by atoms with Crippen LogP contribution in [0, 0.1) is 0 Å². The van der Waals surface area contributed by atoms with E-state index in [2.05, 4.69) is 4.98 Å². The minimum absolute atomic E-state index is 0.0594. The van der Waals surface area contributed by atoms with E-state index in [1.807, 2.05) is 0 Å². The van der Waals surface area contributed by atoms with Crippen molar-refractivity contribution >= 4 is 40.0 Å². The quantitative estimate of drug-likeness (QED) is 0.527. The first-order valence-electron chi connectivity index (χ1n) is 2.62. The smallest absolute Gasteiger partial charge is 0.270 e. The van der Waals surface area contributed by atoms with E-state index in [9.17, 15) is 4.79 Å². The first-order chi connectivity index (χ1) is 5.09. The summed E-state index contributed by atoms with van der Waals surface area (Å²) in [7, 11) is 0. The fraction of sp³-hybridized carbons (Fsp3) is 0. The third kappa shape index (κ3) is 2.33. The zero-order chi connectivity index (χ0) is 8.43. The molecule has 1 heterocycles. The average molecular weight is 210 g/mol. The van der Waals surface area contributed by atoms with E-state index in [1.54, 1.807) is 0 Å². The molecule has 0 spiro atoms. The molecule has 2 nitrogen and oxygen atoms in total. The van der Waals surface area contributed by atoms with Crippen molar-refractivity contribution in [1.29, 1.82) is 0 Å². The molecule has 0 fully saturated rings. The Kier molecular flexibility index (Phi) is 2.71. The molecule has 0 radical (unpaired) electrons. The average Bonchev–Trinajstić information content (AvgIpc) is 1.85. The van der Waals surface area contributed by atoms with Crippen molar-refractivity contribution in [2.24, 2.45) is 0 Å². The van der Waals surface area contributed by atoms with Crippen LogP contribution in [-0.4, -0.2) is 10.2 Å². The van der Waals surface area contributed by atoms with Crippen molar-refractivity contribution < 1.29 is 4.79 Å². The highest BCUT2D eigenvalue weighted by atomic mass is 35.5. The van der Waals surface area contributed by atoms with E-state index in [4.69, 9.17) is 34.8 Å². The van der Waals surface area contributed by atoms with E-state index in [1.165, 1.54) is 12.1 Å². The first-order valence-corrected chi connectivity index (χ1v) is 3.76. The van der Waals surface area contributed by atoms with Crippen LogP contribution in [0.4, 0.5) is 0 Å². The lowest BCUT2D eigenvalue weighted by atomic mass is 10.4. The molecule has 11 heavy (non-hydrogen) atoms. The summed E-state index contributed by atoms with van der Waals surface area (Å²) in [5.41, 5.74) is 0.0594. The molecule has 0 saturated carbocycles. The summed E-state index contributed by atoms with van der Waals surface area (Å²) in [5.74, 6) is 0. The molecule has 0 aliphatic heterocycles. The molecule has 0 amide bonds. The van der Waals surface area contributed by atoms with E-state index >= 15 is 0 Å². The number of hydrogen-bond donors (Lipinski definition) is 0. The van der Waals surface area contributed by atoms with Crippen LogP contribution in [0.5, 0.6) is 0 Å². The Morgan fingerprint density at radius 2 is 2.00 bits per heavy atom. The maximum Gasteiger partial charge on any atom is 0.270 e. The van der Waals surface area contributed by atoms with Gasteiger partial charge in [0.1, 0.15) is 10.8 Å². The number of rotatable bonds is 1. The minimum Gasteiger partial charge on any atom is -0.274 e. The standard InChI is InChI=1S/C6H2Cl3NO/c7-3-1-4(6(9)11)10-5(8)2-3/h1-2H. The largest absolute Gasteiger partial charge is 0.274 e. The molecule has 0 aromatic carbocycles. The topological polar surface area (TPSA) is 30.0 Å². The van der Waals surface area contributed by atoms with Crippen LogP contribution >= 0.6 is 34.8 Å². The molecule has 0 unspecified atom stereocenters. The Labute approximate surface area is 78.1 Å². The number of nitrogens with zero attached hydrogens (tertiary/aromatic N) is 1. The Balaban J connectivity index is 3.19. The van der Waals surface area contributed by atoms with Gasteiger partial charge in [-0.2, -0.15) is 0 Å². The van der Waals surface area contributed by atoms with Gasteiger partial charge in [0.15, 0.2) is 0 Å². The van der Waals surface area contributed by atoms with Crippen molar-refractivity contribution in [3.63, 3.8) is 0 Å². The van der Waals surface area contributed by atoms with Crippen molar-refractivity contribution in [3.8, 4) is 0 Å². The summed E-state index contributed by atoms with van der Waals surface area (Å²) in [6, 6.07) is 2.77. The molecule has 0 N–H and O–H groups in total. The zero-order valence-electron chi connectivity index (χ0n) is 5.14. The maximum atomic E-state index is 10.5. The van der Waals surface area contributed by atoms with Gasteiger partial charge >= 0.3 is 0 Å². The van der Waals surface area contributed by atoms with Crippen molar-refractivity contribution in [2.75, 3.05) is 0 Å². The van der Waals surface area contributed by atoms with Gasteiger partial charge in [-0.3, -0.25) is 4.79 Å². The lowest BCUT2D eigenvalue weighted by Gasteiger charge is -1.94. The van der Waals surface area contributed by atoms with Crippen LogP contribution < -0.4 is 0 Å². The van der Waals surface area contributed by atoms with Crippen LogP contribution in [0.25, 0.3) is 0 Å². The SMILES string of the molecule is O=C(Cl)c1cc(Cl)cc(Cl)n1. The molecule has 5 heteroatoms. The van der Waals surface area contributed by atoms with E-state index in [-0.39, 0.29) is 10.8 Å². The van der Waals surface area contributed by atoms with Gasteiger partial charge in [0.2, 0.25) is 0 Å². The fourth-order valence-electron chi connectivity index (χ4n) is 0.566. The van der Waals surface area contributed by atoms with Gasteiger partial charge in [0, 0.05) is 5.02 Å². The second-order valence-electron chi connectivity index (χ2n) is 1.77. The number of pyridine rings is 1. The monoisotopic (exact) mass is 209 g/mol. The number of carbonyl (C=O) groups is 1. The molecule has 1 aromatic rings. The molecule has 0 bridgehead atoms. The zero-order valence-corrected chi connectivity index (χ0v) is 7.41. The highest BCUT2D eigenvalue weighted by molar-refractivity contribution is 6.67. The summed E-state index contributed by atoms with van der Waals surface area (Å²) < 4.78 is 0. The summed E-state index contributed by atoms with van der Waals surface area (Å²) in [6.07, 6.45) is 0. The van der Waals surface area contributed by atoms with Gasteiger partial charge in [-0.15, -0.1) is 0 Å². The lowest BCUT2D eigenvalue weighted by molar-refractivity contribution is 0.107. The predicted molar refractivity (Wildman–Crippen MR) is 44.4 cm³/mol. The third-order valence-electron chi connectivity index (χ3n) is 0.960. The highest BCUT2D eigenvalue weighted by Gasteiger charge is 2.05. The second kappa shape index (κ2) is 3.39. The molecule has 1 aromatic heterocycles. The van der Waals surface area contributed by atoms with Gasteiger partial charge in [-0.1, -0.05) is 23.2 Å². The van der Waals surface area contributed by atoms with Gasteiger partial charge in [-0.05, 0) is 23.7 Å². The Morgan fingerprint density at radius 3 is 2.45 bits per heavy atom. The first kappa shape index (κ1) is 8.78. The van der Waals surface area contributed by atoms with Gasteiger partial charge < -0.3 is 0 Å². The molecule has 1 rings (SSSR count). The van der Waals surface area contributed by atoms with Crippen LogP contribution in [0.1, 0.15) is 10.5 Å². The minimum atomic E-state index is -0.672. The predicted octanol–water partition coefficient (Wildman–Crippen LogP) is 2.77. The van der Waals surface area contributed by atoms with Crippen molar-refractivity contribution in [1.82, 2.24) is 4.98 Å². The summed E-state index contributed by atoms with van der Waals surface area (Å²) in [5, 5.41) is -0.176. The van der Waals surface area contributed by atoms with Crippen molar-refractivity contribution in [3.05, 3.63) is 28.0 Å². The molecule has 0 aliphatic carbocycles. The lowest BCUT2D eigenvalue weighted by Crippen LogP contribution is -1.93. The van der Waals surface area contributed by atoms with Gasteiger partial charge in [0.25, 0.3) is 5.24 Å². The van der Waals surface area contributed by atoms with E-state index in [0.717, 1.165) is 0 Å². The number of carbonyl (C=O) groups excluding carboxylic acids is 1. The highest BCUT2D eigenvalue weighted by Crippen LogP contribution is 2.16. The van der Waals surface area contributed by atoms with Gasteiger partial charge in [0.05, 0.1) is 0 Å². The second-order valence-corrected chi connectivity index (χ2v) is 2.93. The Hall–Kier alpha value is -0.310. The molecular formula is C6H2Cl3NO. The van der Waals surface area contributed by atoms with Crippen LogP contribution in [0.2, 0.25) is 10.2 Å². The van der Waals surface area contributed by atoms with Crippen LogP contribution in [0.3, 0.4) is 0 Å². The van der Waals surface area contributed by atoms with Crippen molar-refractivity contribution in [2.45, 2.75) is 0 Å².